The highest BCUT2D eigenvalue weighted by atomic mass is 16.5. The number of rotatable bonds is 7. The monoisotopic (exact) mass is 334 g/mol. The van der Waals surface area contributed by atoms with E-state index in [9.17, 15) is 4.79 Å². The van der Waals surface area contributed by atoms with E-state index >= 15 is 0 Å². The Morgan fingerprint density at radius 1 is 1.08 bits per heavy atom. The number of aryl methyl sites for hydroxylation is 1. The van der Waals surface area contributed by atoms with Crippen LogP contribution in [0.3, 0.4) is 0 Å². The molecule has 0 aliphatic heterocycles. The van der Waals surface area contributed by atoms with Crippen molar-refractivity contribution < 1.29 is 9.15 Å². The van der Waals surface area contributed by atoms with E-state index in [4.69, 9.17) is 9.15 Å². The van der Waals surface area contributed by atoms with Crippen LogP contribution in [0.2, 0.25) is 0 Å². The summed E-state index contributed by atoms with van der Waals surface area (Å²) in [6, 6.07) is 17.4. The van der Waals surface area contributed by atoms with Crippen molar-refractivity contribution in [3.8, 4) is 5.75 Å². The number of hydrogen-bond donors (Lipinski definition) is 0. The lowest BCUT2D eigenvalue weighted by Crippen LogP contribution is -2.01. The minimum Gasteiger partial charge on any atom is -0.489 e. The molecule has 25 heavy (non-hydrogen) atoms. The Hall–Kier alpha value is -2.81. The first kappa shape index (κ1) is 17.0. The van der Waals surface area contributed by atoms with Crippen LogP contribution >= 0.6 is 0 Å². The molecule has 2 aromatic carbocycles. The van der Waals surface area contributed by atoms with Gasteiger partial charge in [-0.25, -0.2) is 4.79 Å². The van der Waals surface area contributed by atoms with Gasteiger partial charge >= 0.3 is 5.63 Å². The predicted octanol–water partition coefficient (Wildman–Crippen LogP) is 5.23. The summed E-state index contributed by atoms with van der Waals surface area (Å²) in [6.45, 7) is 2.60. The molecule has 0 radical (unpaired) electrons. The molecule has 0 saturated heterocycles. The van der Waals surface area contributed by atoms with Crippen LogP contribution in [0.15, 0.2) is 69.9 Å². The normalized spacial score (nSPS) is 11.2. The molecule has 0 atom stereocenters. The van der Waals surface area contributed by atoms with Gasteiger partial charge in [-0.15, -0.1) is 0 Å². The van der Waals surface area contributed by atoms with Crippen molar-refractivity contribution in [3.05, 3.63) is 82.2 Å². The third kappa shape index (κ3) is 4.60. The van der Waals surface area contributed by atoms with Gasteiger partial charge in [0, 0.05) is 17.5 Å². The summed E-state index contributed by atoms with van der Waals surface area (Å²) in [5, 5.41) is 0.986. The van der Waals surface area contributed by atoms with Crippen molar-refractivity contribution in [2.75, 3.05) is 6.61 Å². The van der Waals surface area contributed by atoms with Gasteiger partial charge in [0.05, 0.1) is 0 Å². The maximum Gasteiger partial charge on any atom is 0.336 e. The highest BCUT2D eigenvalue weighted by Crippen LogP contribution is 2.23. The van der Waals surface area contributed by atoms with E-state index in [1.807, 2.05) is 54.6 Å². The SMILES string of the molecule is CCCCc1cc(=O)oc2cc(OC/C=C/c3ccccc3)ccc12. The molecule has 0 aliphatic rings. The summed E-state index contributed by atoms with van der Waals surface area (Å²) >= 11 is 0. The molecule has 1 heterocycles. The fourth-order valence-corrected chi connectivity index (χ4v) is 2.77. The Balaban J connectivity index is 1.72. The van der Waals surface area contributed by atoms with Crippen LogP contribution in [0.4, 0.5) is 0 Å². The highest BCUT2D eigenvalue weighted by molar-refractivity contribution is 5.81. The molecule has 0 saturated carbocycles. The van der Waals surface area contributed by atoms with Gasteiger partial charge in [-0.1, -0.05) is 49.8 Å². The first-order chi connectivity index (χ1) is 12.3. The Kier molecular flexibility index (Phi) is 5.68. The Bertz CT molecular complexity index is 907. The lowest BCUT2D eigenvalue weighted by Gasteiger charge is -2.07. The van der Waals surface area contributed by atoms with E-state index in [-0.39, 0.29) is 5.63 Å². The lowest BCUT2D eigenvalue weighted by molar-refractivity contribution is 0.363. The van der Waals surface area contributed by atoms with Gasteiger partial charge in [-0.05, 0) is 42.2 Å². The summed E-state index contributed by atoms with van der Waals surface area (Å²) in [4.78, 5) is 11.8. The zero-order chi connectivity index (χ0) is 17.5. The van der Waals surface area contributed by atoms with Crippen LogP contribution in [0.5, 0.6) is 5.75 Å². The molecular weight excluding hydrogens is 312 g/mol. The maximum atomic E-state index is 11.8. The average molecular weight is 334 g/mol. The van der Waals surface area contributed by atoms with Crippen molar-refractivity contribution in [2.24, 2.45) is 0 Å². The molecule has 0 N–H and O–H groups in total. The first-order valence-electron chi connectivity index (χ1n) is 8.67. The number of benzene rings is 2. The van der Waals surface area contributed by atoms with Gasteiger partial charge in [-0.3, -0.25) is 0 Å². The zero-order valence-electron chi connectivity index (χ0n) is 14.4. The smallest absolute Gasteiger partial charge is 0.336 e. The van der Waals surface area contributed by atoms with E-state index in [2.05, 4.69) is 6.92 Å². The van der Waals surface area contributed by atoms with E-state index in [0.29, 0.717) is 17.9 Å². The van der Waals surface area contributed by atoms with E-state index in [0.717, 1.165) is 35.8 Å². The second-order valence-corrected chi connectivity index (χ2v) is 5.98. The van der Waals surface area contributed by atoms with E-state index < -0.39 is 0 Å². The van der Waals surface area contributed by atoms with Crippen molar-refractivity contribution >= 4 is 17.0 Å². The van der Waals surface area contributed by atoms with Gasteiger partial charge in [0.2, 0.25) is 0 Å². The fraction of sp³-hybridized carbons (Fsp3) is 0.227. The highest BCUT2D eigenvalue weighted by Gasteiger charge is 2.06. The molecule has 0 bridgehead atoms. The Morgan fingerprint density at radius 2 is 1.92 bits per heavy atom. The van der Waals surface area contributed by atoms with Gasteiger partial charge in [0.1, 0.15) is 17.9 Å². The minimum absolute atomic E-state index is 0.306. The zero-order valence-corrected chi connectivity index (χ0v) is 14.4. The topological polar surface area (TPSA) is 39.4 Å². The van der Waals surface area contributed by atoms with Crippen molar-refractivity contribution in [2.45, 2.75) is 26.2 Å². The van der Waals surface area contributed by atoms with Gasteiger partial charge in [0.15, 0.2) is 0 Å². The summed E-state index contributed by atoms with van der Waals surface area (Å²) in [7, 11) is 0. The summed E-state index contributed by atoms with van der Waals surface area (Å²) < 4.78 is 11.1. The lowest BCUT2D eigenvalue weighted by atomic mass is 10.0. The standard InChI is InChI=1S/C22H22O3/c1-2-3-11-18-15-22(23)25-21-16-19(12-13-20(18)21)24-14-7-10-17-8-5-4-6-9-17/h4-10,12-13,15-16H,2-3,11,14H2,1H3/b10-7+. The van der Waals surface area contributed by atoms with Crippen LogP contribution in [0.25, 0.3) is 17.0 Å². The number of ether oxygens (including phenoxy) is 1. The summed E-state index contributed by atoms with van der Waals surface area (Å²) in [5.41, 5.74) is 2.46. The Morgan fingerprint density at radius 3 is 2.72 bits per heavy atom. The Labute approximate surface area is 147 Å². The van der Waals surface area contributed by atoms with Gasteiger partial charge in [-0.2, -0.15) is 0 Å². The fourth-order valence-electron chi connectivity index (χ4n) is 2.77. The first-order valence-corrected chi connectivity index (χ1v) is 8.67. The third-order valence-electron chi connectivity index (χ3n) is 4.06. The van der Waals surface area contributed by atoms with Crippen LogP contribution in [-0.2, 0) is 6.42 Å². The van der Waals surface area contributed by atoms with Gasteiger partial charge < -0.3 is 9.15 Å². The van der Waals surface area contributed by atoms with Crippen LogP contribution in [-0.4, -0.2) is 6.61 Å². The second kappa shape index (κ2) is 8.34. The number of unbranched alkanes of at least 4 members (excludes halogenated alkanes) is 1. The van der Waals surface area contributed by atoms with Crippen molar-refractivity contribution in [1.29, 1.82) is 0 Å². The number of hydrogen-bond acceptors (Lipinski definition) is 3. The largest absolute Gasteiger partial charge is 0.489 e. The quantitative estimate of drug-likeness (QED) is 0.556. The molecule has 0 spiro atoms. The van der Waals surface area contributed by atoms with E-state index in [1.165, 1.54) is 0 Å². The molecule has 0 amide bonds. The average Bonchev–Trinajstić information content (AvgIpc) is 2.63. The molecule has 128 valence electrons. The summed E-state index contributed by atoms with van der Waals surface area (Å²) in [6.07, 6.45) is 7.02. The second-order valence-electron chi connectivity index (χ2n) is 5.98. The molecule has 3 aromatic rings. The van der Waals surface area contributed by atoms with Crippen LogP contribution < -0.4 is 10.4 Å². The maximum absolute atomic E-state index is 11.8. The van der Waals surface area contributed by atoms with Crippen molar-refractivity contribution in [3.63, 3.8) is 0 Å². The van der Waals surface area contributed by atoms with Gasteiger partial charge in [0.25, 0.3) is 0 Å². The number of fused-ring (bicyclic) bond motifs is 1. The molecule has 3 rings (SSSR count). The minimum atomic E-state index is -0.306. The van der Waals surface area contributed by atoms with Crippen LogP contribution in [0.1, 0.15) is 30.9 Å². The summed E-state index contributed by atoms with van der Waals surface area (Å²) in [5.74, 6) is 0.695. The molecule has 1 aromatic heterocycles. The van der Waals surface area contributed by atoms with Crippen molar-refractivity contribution in [1.82, 2.24) is 0 Å². The molecule has 3 heteroatoms. The molecule has 3 nitrogen and oxygen atoms in total. The molecule has 0 fully saturated rings. The molecule has 0 unspecified atom stereocenters. The molecule has 0 aliphatic carbocycles. The molecular formula is C22H22O3. The van der Waals surface area contributed by atoms with Crippen LogP contribution in [0, 0.1) is 0 Å². The van der Waals surface area contributed by atoms with E-state index in [1.54, 1.807) is 12.1 Å². The predicted molar refractivity (Wildman–Crippen MR) is 102 cm³/mol. The third-order valence-corrected chi connectivity index (χ3v) is 4.06.